The van der Waals surface area contributed by atoms with Crippen molar-refractivity contribution >= 4 is 15.9 Å². The summed E-state index contributed by atoms with van der Waals surface area (Å²) in [6, 6.07) is 13.8. The van der Waals surface area contributed by atoms with Crippen LogP contribution in [0.2, 0.25) is 0 Å². The van der Waals surface area contributed by atoms with Crippen molar-refractivity contribution < 1.29 is 9.84 Å². The predicted molar refractivity (Wildman–Crippen MR) is 80.5 cm³/mol. The Morgan fingerprint density at radius 2 is 2.00 bits per heavy atom. The molecule has 0 saturated heterocycles. The van der Waals surface area contributed by atoms with E-state index in [0.29, 0.717) is 6.42 Å². The Bertz CT molecular complexity index is 566. The number of hydrogen-bond acceptors (Lipinski definition) is 2. The molecule has 1 N–H and O–H groups in total. The van der Waals surface area contributed by atoms with E-state index in [1.54, 1.807) is 7.11 Å². The van der Waals surface area contributed by atoms with Crippen LogP contribution >= 0.6 is 15.9 Å². The maximum atomic E-state index is 10.4. The summed E-state index contributed by atoms with van der Waals surface area (Å²) >= 11 is 3.44. The second-order valence-corrected chi connectivity index (χ2v) is 5.51. The van der Waals surface area contributed by atoms with Crippen LogP contribution in [-0.2, 0) is 6.42 Å². The lowest BCUT2D eigenvalue weighted by Crippen LogP contribution is -2.04. The second kappa shape index (κ2) is 6.22. The number of aliphatic hydroxyl groups excluding tert-OH is 1. The van der Waals surface area contributed by atoms with E-state index < -0.39 is 6.10 Å². The summed E-state index contributed by atoms with van der Waals surface area (Å²) in [5, 5.41) is 10.4. The summed E-state index contributed by atoms with van der Waals surface area (Å²) in [6.07, 6.45) is 0.00336. The van der Waals surface area contributed by atoms with Crippen LogP contribution in [0.1, 0.15) is 22.8 Å². The van der Waals surface area contributed by atoms with Crippen molar-refractivity contribution in [1.82, 2.24) is 0 Å². The highest BCUT2D eigenvalue weighted by Gasteiger charge is 2.14. The van der Waals surface area contributed by atoms with Gasteiger partial charge < -0.3 is 9.84 Å². The van der Waals surface area contributed by atoms with Crippen LogP contribution in [0.25, 0.3) is 0 Å². The molecule has 0 aliphatic carbocycles. The highest BCUT2D eigenvalue weighted by molar-refractivity contribution is 9.10. The minimum absolute atomic E-state index is 0.565. The molecule has 1 atom stereocenters. The molecule has 0 aromatic heterocycles. The van der Waals surface area contributed by atoms with Gasteiger partial charge in [-0.05, 0) is 36.2 Å². The van der Waals surface area contributed by atoms with E-state index in [1.807, 2.05) is 49.4 Å². The van der Waals surface area contributed by atoms with Crippen LogP contribution in [0.4, 0.5) is 0 Å². The predicted octanol–water partition coefficient (Wildman–Crippen LogP) is 4.04. The highest BCUT2D eigenvalue weighted by Crippen LogP contribution is 2.29. The average molecular weight is 321 g/mol. The molecule has 1 unspecified atom stereocenters. The number of halogens is 1. The van der Waals surface area contributed by atoms with Gasteiger partial charge in [0.1, 0.15) is 5.75 Å². The maximum Gasteiger partial charge on any atom is 0.124 e. The Labute approximate surface area is 122 Å². The summed E-state index contributed by atoms with van der Waals surface area (Å²) in [5.74, 6) is 0.738. The first-order chi connectivity index (χ1) is 9.10. The number of benzene rings is 2. The van der Waals surface area contributed by atoms with E-state index in [1.165, 1.54) is 0 Å². The molecule has 0 spiro atoms. The third-order valence-corrected chi connectivity index (χ3v) is 3.56. The van der Waals surface area contributed by atoms with Crippen LogP contribution in [0.15, 0.2) is 46.9 Å². The van der Waals surface area contributed by atoms with Gasteiger partial charge in [0.05, 0.1) is 13.2 Å². The smallest absolute Gasteiger partial charge is 0.124 e. The maximum absolute atomic E-state index is 10.4. The van der Waals surface area contributed by atoms with Crippen molar-refractivity contribution in [3.63, 3.8) is 0 Å². The summed E-state index contributed by atoms with van der Waals surface area (Å²) in [7, 11) is 1.63. The largest absolute Gasteiger partial charge is 0.496 e. The average Bonchev–Trinajstić information content (AvgIpc) is 2.38. The van der Waals surface area contributed by atoms with Crippen molar-refractivity contribution in [2.24, 2.45) is 0 Å². The molecule has 2 rings (SSSR count). The highest BCUT2D eigenvalue weighted by atomic mass is 79.9. The lowest BCUT2D eigenvalue weighted by Gasteiger charge is -2.15. The van der Waals surface area contributed by atoms with E-state index in [-0.39, 0.29) is 0 Å². The zero-order valence-corrected chi connectivity index (χ0v) is 12.6. The summed E-state index contributed by atoms with van der Waals surface area (Å²) in [6.45, 7) is 2.01. The van der Waals surface area contributed by atoms with Gasteiger partial charge in [-0.3, -0.25) is 0 Å². The van der Waals surface area contributed by atoms with Crippen molar-refractivity contribution in [1.29, 1.82) is 0 Å². The Hall–Kier alpha value is -1.32. The molecule has 0 heterocycles. The van der Waals surface area contributed by atoms with Gasteiger partial charge in [0.15, 0.2) is 0 Å². The molecule has 0 radical (unpaired) electrons. The molecule has 0 fully saturated rings. The quantitative estimate of drug-likeness (QED) is 0.921. The van der Waals surface area contributed by atoms with Gasteiger partial charge in [-0.1, -0.05) is 40.2 Å². The van der Waals surface area contributed by atoms with Crippen molar-refractivity contribution in [3.05, 3.63) is 63.6 Å². The minimum Gasteiger partial charge on any atom is -0.496 e. The molecule has 0 amide bonds. The van der Waals surface area contributed by atoms with Crippen LogP contribution < -0.4 is 4.74 Å². The molecule has 2 nitrogen and oxygen atoms in total. The Balaban J connectivity index is 2.22. The van der Waals surface area contributed by atoms with E-state index in [2.05, 4.69) is 15.9 Å². The Morgan fingerprint density at radius 1 is 1.21 bits per heavy atom. The Kier molecular flexibility index (Phi) is 4.61. The number of hydrogen-bond donors (Lipinski definition) is 1. The topological polar surface area (TPSA) is 29.5 Å². The van der Waals surface area contributed by atoms with Crippen LogP contribution in [0.5, 0.6) is 5.75 Å². The molecular formula is C16H17BrO2. The number of aliphatic hydroxyl groups is 1. The lowest BCUT2D eigenvalue weighted by atomic mass is 9.99. The molecule has 0 aliphatic rings. The molecule has 0 saturated carbocycles. The van der Waals surface area contributed by atoms with E-state index >= 15 is 0 Å². The number of rotatable bonds is 4. The van der Waals surface area contributed by atoms with Gasteiger partial charge >= 0.3 is 0 Å². The van der Waals surface area contributed by atoms with Gasteiger partial charge in [-0.15, -0.1) is 0 Å². The summed E-state index contributed by atoms with van der Waals surface area (Å²) in [4.78, 5) is 0. The Morgan fingerprint density at radius 3 is 2.68 bits per heavy atom. The normalized spacial score (nSPS) is 12.2. The monoisotopic (exact) mass is 320 g/mol. The first kappa shape index (κ1) is 14.1. The first-order valence-corrected chi connectivity index (χ1v) is 6.96. The summed E-state index contributed by atoms with van der Waals surface area (Å²) < 4.78 is 6.36. The fraction of sp³-hybridized carbons (Fsp3) is 0.250. The SMILES string of the molecule is COc1cc(C)ccc1C(O)Cc1cccc(Br)c1. The van der Waals surface area contributed by atoms with Crippen LogP contribution in [-0.4, -0.2) is 12.2 Å². The fourth-order valence-electron chi connectivity index (χ4n) is 2.09. The molecule has 2 aromatic rings. The lowest BCUT2D eigenvalue weighted by molar-refractivity contribution is 0.174. The number of ether oxygens (including phenoxy) is 1. The zero-order valence-electron chi connectivity index (χ0n) is 11.1. The van der Waals surface area contributed by atoms with E-state index in [4.69, 9.17) is 4.74 Å². The van der Waals surface area contributed by atoms with E-state index in [9.17, 15) is 5.11 Å². The van der Waals surface area contributed by atoms with Gasteiger partial charge in [-0.2, -0.15) is 0 Å². The molecule has 100 valence electrons. The van der Waals surface area contributed by atoms with E-state index in [0.717, 1.165) is 26.9 Å². The molecular weight excluding hydrogens is 304 g/mol. The molecule has 0 bridgehead atoms. The standard InChI is InChI=1S/C16H17BrO2/c1-11-6-7-14(16(8-11)19-2)15(18)10-12-4-3-5-13(17)9-12/h3-9,15,18H,10H2,1-2H3. The fourth-order valence-corrected chi connectivity index (χ4v) is 2.54. The third kappa shape index (κ3) is 3.58. The van der Waals surface area contributed by atoms with Gasteiger partial charge in [0.2, 0.25) is 0 Å². The van der Waals surface area contributed by atoms with Crippen molar-refractivity contribution in [3.8, 4) is 5.75 Å². The second-order valence-electron chi connectivity index (χ2n) is 4.60. The zero-order chi connectivity index (χ0) is 13.8. The van der Waals surface area contributed by atoms with Gasteiger partial charge in [0.25, 0.3) is 0 Å². The van der Waals surface area contributed by atoms with Gasteiger partial charge in [0, 0.05) is 16.5 Å². The minimum atomic E-state index is -0.565. The third-order valence-electron chi connectivity index (χ3n) is 3.07. The molecule has 2 aromatic carbocycles. The van der Waals surface area contributed by atoms with Crippen molar-refractivity contribution in [2.45, 2.75) is 19.4 Å². The number of aryl methyl sites for hydroxylation is 1. The molecule has 3 heteroatoms. The number of methoxy groups -OCH3 is 1. The van der Waals surface area contributed by atoms with Gasteiger partial charge in [-0.25, -0.2) is 0 Å². The van der Waals surface area contributed by atoms with Crippen molar-refractivity contribution in [2.75, 3.05) is 7.11 Å². The molecule has 0 aliphatic heterocycles. The van der Waals surface area contributed by atoms with Crippen LogP contribution in [0.3, 0.4) is 0 Å². The van der Waals surface area contributed by atoms with Crippen LogP contribution in [0, 0.1) is 6.92 Å². The summed E-state index contributed by atoms with van der Waals surface area (Å²) in [5.41, 5.74) is 3.04. The first-order valence-electron chi connectivity index (χ1n) is 6.17. The molecule has 19 heavy (non-hydrogen) atoms.